The molecule has 0 rings (SSSR count). The minimum atomic E-state index is 0.255. The van der Waals surface area contributed by atoms with Crippen molar-refractivity contribution in [2.45, 2.75) is 34.1 Å². The third-order valence-corrected chi connectivity index (χ3v) is 0.831. The summed E-state index contributed by atoms with van der Waals surface area (Å²) in [6, 6.07) is 0. The van der Waals surface area contributed by atoms with Gasteiger partial charge in [0.05, 0.1) is 0 Å². The van der Waals surface area contributed by atoms with Gasteiger partial charge < -0.3 is 4.79 Å². The van der Waals surface area contributed by atoms with Gasteiger partial charge in [-0.15, -0.1) is 0 Å². The first-order chi connectivity index (χ1) is 4.18. The second-order valence-corrected chi connectivity index (χ2v) is 1.72. The Bertz CT molecular complexity index is 78.6. The smallest absolute Gasteiger partial charge is 0.129 e. The number of ketones is 1. The van der Waals surface area contributed by atoms with E-state index in [-0.39, 0.29) is 5.78 Å². The molecule has 0 spiro atoms. The van der Waals surface area contributed by atoms with Crippen molar-refractivity contribution >= 4 is 5.78 Å². The maximum absolute atomic E-state index is 9.81. The number of Topliss-reactive ketones (excluding diaryl/α,β-unsaturated/α-hetero) is 1. The number of carbonyl (C=O) groups is 1. The molecule has 0 aromatic carbocycles. The Labute approximate surface area is 57.8 Å². The third-order valence-electron chi connectivity index (χ3n) is 0.831. The monoisotopic (exact) mass is 128 g/mol. The van der Waals surface area contributed by atoms with E-state index >= 15 is 0 Å². The molecule has 0 saturated heterocycles. The largest absolute Gasteiger partial charge is 0.300 e. The lowest BCUT2D eigenvalue weighted by Gasteiger charge is -1.71. The average molecular weight is 128 g/mol. The van der Waals surface area contributed by atoms with Gasteiger partial charge in [-0.2, -0.15) is 0 Å². The molecule has 0 amide bonds. The molecule has 0 bridgehead atoms. The SMILES string of the molecule is C/C=C/C.CCC(C)=O. The zero-order valence-corrected chi connectivity index (χ0v) is 6.77. The molecule has 0 saturated carbocycles. The molecule has 0 radical (unpaired) electrons. The molecule has 0 heterocycles. The summed E-state index contributed by atoms with van der Waals surface area (Å²) in [6.07, 6.45) is 4.67. The van der Waals surface area contributed by atoms with Crippen molar-refractivity contribution in [1.82, 2.24) is 0 Å². The molecule has 0 atom stereocenters. The summed E-state index contributed by atoms with van der Waals surface area (Å²) in [6.45, 7) is 7.43. The van der Waals surface area contributed by atoms with Crippen LogP contribution in [-0.2, 0) is 4.79 Å². The first kappa shape index (κ1) is 11.2. The van der Waals surface area contributed by atoms with Gasteiger partial charge in [0.2, 0.25) is 0 Å². The topological polar surface area (TPSA) is 17.1 Å². The molecule has 0 aliphatic heterocycles. The molecule has 1 nitrogen and oxygen atoms in total. The Kier molecular flexibility index (Phi) is 13.0. The number of rotatable bonds is 1. The van der Waals surface area contributed by atoms with Crippen molar-refractivity contribution in [3.8, 4) is 0 Å². The number of hydrogen-bond acceptors (Lipinski definition) is 1. The summed E-state index contributed by atoms with van der Waals surface area (Å²) >= 11 is 0. The second-order valence-electron chi connectivity index (χ2n) is 1.72. The second kappa shape index (κ2) is 10.4. The summed E-state index contributed by atoms with van der Waals surface area (Å²) in [5.41, 5.74) is 0. The van der Waals surface area contributed by atoms with Crippen LogP contribution in [0.2, 0.25) is 0 Å². The minimum absolute atomic E-state index is 0.255. The van der Waals surface area contributed by atoms with Crippen molar-refractivity contribution < 1.29 is 4.79 Å². The van der Waals surface area contributed by atoms with Gasteiger partial charge in [0.25, 0.3) is 0 Å². The molecule has 9 heavy (non-hydrogen) atoms. The molecule has 0 aromatic rings. The standard InChI is InChI=1S/C4H8O.C4H8/c1-3-4(2)5;1-3-4-2/h3H2,1-2H3;3-4H,1-2H3/b;4-3+. The summed E-state index contributed by atoms with van der Waals surface area (Å²) in [5.74, 6) is 0.255. The normalized spacial score (nSPS) is 8.44. The average Bonchev–Trinajstić information content (AvgIpc) is 1.89. The highest BCUT2D eigenvalue weighted by atomic mass is 16.1. The van der Waals surface area contributed by atoms with Crippen molar-refractivity contribution in [2.24, 2.45) is 0 Å². The highest BCUT2D eigenvalue weighted by molar-refractivity contribution is 5.74. The zero-order valence-electron chi connectivity index (χ0n) is 6.77. The van der Waals surface area contributed by atoms with Crippen LogP contribution in [0.3, 0.4) is 0 Å². The van der Waals surface area contributed by atoms with Gasteiger partial charge in [0.15, 0.2) is 0 Å². The van der Waals surface area contributed by atoms with E-state index in [1.165, 1.54) is 0 Å². The fourth-order valence-electron chi connectivity index (χ4n) is 0. The maximum Gasteiger partial charge on any atom is 0.129 e. The van der Waals surface area contributed by atoms with E-state index in [4.69, 9.17) is 0 Å². The van der Waals surface area contributed by atoms with Gasteiger partial charge in [-0.25, -0.2) is 0 Å². The predicted octanol–water partition coefficient (Wildman–Crippen LogP) is 2.57. The summed E-state index contributed by atoms with van der Waals surface area (Å²) < 4.78 is 0. The Balaban J connectivity index is 0. The van der Waals surface area contributed by atoms with Crippen molar-refractivity contribution in [1.29, 1.82) is 0 Å². The highest BCUT2D eigenvalue weighted by Crippen LogP contribution is 1.71. The van der Waals surface area contributed by atoms with Gasteiger partial charge in [-0.05, 0) is 20.8 Å². The molecule has 1 heteroatoms. The lowest BCUT2D eigenvalue weighted by molar-refractivity contribution is -0.116. The Morgan fingerprint density at radius 2 is 1.56 bits per heavy atom. The molecule has 0 aliphatic carbocycles. The van der Waals surface area contributed by atoms with E-state index in [9.17, 15) is 4.79 Å². The fraction of sp³-hybridized carbons (Fsp3) is 0.625. The maximum atomic E-state index is 9.81. The summed E-state index contributed by atoms with van der Waals surface area (Å²) in [5, 5.41) is 0. The molecule has 54 valence electrons. The van der Waals surface area contributed by atoms with Crippen LogP contribution in [0.4, 0.5) is 0 Å². The van der Waals surface area contributed by atoms with Crippen LogP contribution < -0.4 is 0 Å². The van der Waals surface area contributed by atoms with E-state index in [0.717, 1.165) is 0 Å². The van der Waals surface area contributed by atoms with E-state index in [1.807, 2.05) is 32.9 Å². The molecule has 0 aromatic heterocycles. The Hall–Kier alpha value is -0.590. The Morgan fingerprint density at radius 1 is 1.33 bits per heavy atom. The van der Waals surface area contributed by atoms with Crippen LogP contribution in [-0.4, -0.2) is 5.78 Å². The van der Waals surface area contributed by atoms with Crippen molar-refractivity contribution in [2.75, 3.05) is 0 Å². The molecule has 0 N–H and O–H groups in total. The van der Waals surface area contributed by atoms with Gasteiger partial charge in [-0.3, -0.25) is 0 Å². The van der Waals surface area contributed by atoms with Crippen LogP contribution in [0.25, 0.3) is 0 Å². The Morgan fingerprint density at radius 3 is 1.56 bits per heavy atom. The molecular formula is C8H16O. The van der Waals surface area contributed by atoms with Crippen molar-refractivity contribution in [3.05, 3.63) is 12.2 Å². The number of carbonyl (C=O) groups excluding carboxylic acids is 1. The first-order valence-electron chi connectivity index (χ1n) is 3.25. The van der Waals surface area contributed by atoms with Gasteiger partial charge >= 0.3 is 0 Å². The van der Waals surface area contributed by atoms with Crippen LogP contribution in [0.5, 0.6) is 0 Å². The molecule has 0 unspecified atom stereocenters. The van der Waals surface area contributed by atoms with Gasteiger partial charge in [0.1, 0.15) is 5.78 Å². The number of hydrogen-bond donors (Lipinski definition) is 0. The van der Waals surface area contributed by atoms with Crippen LogP contribution >= 0.6 is 0 Å². The third kappa shape index (κ3) is 37.3. The zero-order chi connectivity index (χ0) is 7.70. The van der Waals surface area contributed by atoms with Crippen LogP contribution in [0, 0.1) is 0 Å². The molecule has 0 fully saturated rings. The fourth-order valence-corrected chi connectivity index (χ4v) is 0. The lowest BCUT2D eigenvalue weighted by atomic mass is 10.4. The van der Waals surface area contributed by atoms with Crippen molar-refractivity contribution in [3.63, 3.8) is 0 Å². The predicted molar refractivity (Wildman–Crippen MR) is 41.5 cm³/mol. The van der Waals surface area contributed by atoms with Gasteiger partial charge in [-0.1, -0.05) is 19.1 Å². The van der Waals surface area contributed by atoms with Gasteiger partial charge in [0, 0.05) is 6.42 Å². The van der Waals surface area contributed by atoms with E-state index < -0.39 is 0 Å². The van der Waals surface area contributed by atoms with E-state index in [1.54, 1.807) is 6.92 Å². The highest BCUT2D eigenvalue weighted by Gasteiger charge is 1.76. The minimum Gasteiger partial charge on any atom is -0.300 e. The summed E-state index contributed by atoms with van der Waals surface area (Å²) in [7, 11) is 0. The van der Waals surface area contributed by atoms with E-state index in [0.29, 0.717) is 6.42 Å². The lowest BCUT2D eigenvalue weighted by Crippen LogP contribution is -1.80. The van der Waals surface area contributed by atoms with Crippen LogP contribution in [0.1, 0.15) is 34.1 Å². The number of allylic oxidation sites excluding steroid dienone is 2. The molecular weight excluding hydrogens is 112 g/mol. The van der Waals surface area contributed by atoms with Crippen LogP contribution in [0.15, 0.2) is 12.2 Å². The van der Waals surface area contributed by atoms with E-state index in [2.05, 4.69) is 0 Å². The summed E-state index contributed by atoms with van der Waals surface area (Å²) in [4.78, 5) is 9.81. The first-order valence-corrected chi connectivity index (χ1v) is 3.25. The molecule has 0 aliphatic rings. The quantitative estimate of drug-likeness (QED) is 0.496.